The van der Waals surface area contributed by atoms with E-state index < -0.39 is 10.8 Å². The van der Waals surface area contributed by atoms with Crippen molar-refractivity contribution in [3.63, 3.8) is 0 Å². The molecule has 0 radical (unpaired) electrons. The summed E-state index contributed by atoms with van der Waals surface area (Å²) in [6.07, 6.45) is 0. The summed E-state index contributed by atoms with van der Waals surface area (Å²) in [4.78, 5) is 0. The first-order chi connectivity index (χ1) is 9.57. The molecule has 0 bridgehead atoms. The van der Waals surface area contributed by atoms with Crippen LogP contribution in [0.3, 0.4) is 0 Å². The van der Waals surface area contributed by atoms with Gasteiger partial charge in [0.15, 0.2) is 0 Å². The number of hydrogen-bond acceptors (Lipinski definition) is 7. The highest BCUT2D eigenvalue weighted by Crippen LogP contribution is 2.22. The Morgan fingerprint density at radius 2 is 0.950 bits per heavy atom. The second kappa shape index (κ2) is 10.4. The van der Waals surface area contributed by atoms with Gasteiger partial charge in [0.2, 0.25) is 0 Å². The third-order valence-electron chi connectivity index (χ3n) is 3.17. The smallest absolute Gasteiger partial charge is 0.0634 e. The van der Waals surface area contributed by atoms with Crippen molar-refractivity contribution in [2.45, 2.75) is 0 Å². The van der Waals surface area contributed by atoms with Gasteiger partial charge in [-0.2, -0.15) is 0 Å². The molecule has 0 amide bonds. The zero-order valence-electron chi connectivity index (χ0n) is 12.6. The number of ether oxygens (including phenoxy) is 4. The molecule has 3 N–H and O–H groups in total. The molecule has 0 aliphatic rings. The fraction of sp³-hybridized carbons (Fsp3) is 1.00. The minimum Gasteiger partial charge on any atom is -0.396 e. The van der Waals surface area contributed by atoms with E-state index in [2.05, 4.69) is 0 Å². The van der Waals surface area contributed by atoms with Gasteiger partial charge in [-0.1, -0.05) is 0 Å². The fourth-order valence-electron chi connectivity index (χ4n) is 1.94. The summed E-state index contributed by atoms with van der Waals surface area (Å²) in [7, 11) is 4.57. The van der Waals surface area contributed by atoms with Crippen LogP contribution in [-0.4, -0.2) is 89.5 Å². The number of aliphatic hydroxyl groups is 3. The number of hydrogen-bond donors (Lipinski definition) is 3. The van der Waals surface area contributed by atoms with Gasteiger partial charge in [-0.05, 0) is 0 Å². The van der Waals surface area contributed by atoms with Crippen LogP contribution >= 0.6 is 0 Å². The third-order valence-corrected chi connectivity index (χ3v) is 3.17. The first-order valence-corrected chi connectivity index (χ1v) is 6.45. The van der Waals surface area contributed by atoms with Gasteiger partial charge in [-0.25, -0.2) is 0 Å². The first-order valence-electron chi connectivity index (χ1n) is 6.45. The Labute approximate surface area is 120 Å². The Balaban J connectivity index is 4.53. The maximum Gasteiger partial charge on any atom is 0.0634 e. The largest absolute Gasteiger partial charge is 0.396 e. The van der Waals surface area contributed by atoms with Gasteiger partial charge in [0, 0.05) is 21.3 Å². The Hall–Kier alpha value is -0.280. The van der Waals surface area contributed by atoms with Crippen molar-refractivity contribution < 1.29 is 34.3 Å². The summed E-state index contributed by atoms with van der Waals surface area (Å²) in [5, 5.41) is 28.3. The molecule has 0 aromatic heterocycles. The number of aliphatic hydroxyl groups excluding tert-OH is 3. The predicted molar refractivity (Wildman–Crippen MR) is 72.6 cm³/mol. The van der Waals surface area contributed by atoms with E-state index in [-0.39, 0.29) is 52.9 Å². The molecule has 0 aromatic carbocycles. The highest BCUT2D eigenvalue weighted by molar-refractivity contribution is 4.81. The molecule has 0 saturated carbocycles. The molecule has 0 heterocycles. The van der Waals surface area contributed by atoms with Crippen LogP contribution in [0, 0.1) is 10.8 Å². The van der Waals surface area contributed by atoms with E-state index >= 15 is 0 Å². The Morgan fingerprint density at radius 1 is 0.600 bits per heavy atom. The van der Waals surface area contributed by atoms with Crippen molar-refractivity contribution >= 4 is 0 Å². The number of rotatable bonds is 13. The van der Waals surface area contributed by atoms with Crippen LogP contribution in [0.25, 0.3) is 0 Å². The van der Waals surface area contributed by atoms with Crippen LogP contribution in [0.15, 0.2) is 0 Å². The van der Waals surface area contributed by atoms with Gasteiger partial charge in [-0.3, -0.25) is 0 Å². The summed E-state index contributed by atoms with van der Waals surface area (Å²) >= 11 is 0. The van der Waals surface area contributed by atoms with Gasteiger partial charge in [-0.15, -0.1) is 0 Å². The van der Waals surface area contributed by atoms with Crippen LogP contribution in [0.5, 0.6) is 0 Å². The Kier molecular flexibility index (Phi) is 10.3. The van der Waals surface area contributed by atoms with E-state index in [1.807, 2.05) is 0 Å². The normalized spacial score (nSPS) is 12.9. The fourth-order valence-corrected chi connectivity index (χ4v) is 1.94. The average molecular weight is 296 g/mol. The summed E-state index contributed by atoms with van der Waals surface area (Å²) in [5.74, 6) is 0. The van der Waals surface area contributed by atoms with Gasteiger partial charge in [0.05, 0.1) is 63.7 Å². The summed E-state index contributed by atoms with van der Waals surface area (Å²) < 4.78 is 20.7. The maximum absolute atomic E-state index is 9.52. The second-order valence-electron chi connectivity index (χ2n) is 5.27. The monoisotopic (exact) mass is 296 g/mol. The lowest BCUT2D eigenvalue weighted by Crippen LogP contribution is -2.44. The van der Waals surface area contributed by atoms with Crippen molar-refractivity contribution in [2.24, 2.45) is 10.8 Å². The molecule has 0 unspecified atom stereocenters. The quantitative estimate of drug-likeness (QED) is 0.396. The minimum absolute atomic E-state index is 0.114. The van der Waals surface area contributed by atoms with Gasteiger partial charge in [0.25, 0.3) is 0 Å². The number of methoxy groups -OCH3 is 3. The molecule has 0 aliphatic carbocycles. The van der Waals surface area contributed by atoms with Crippen LogP contribution in [0.1, 0.15) is 0 Å². The van der Waals surface area contributed by atoms with E-state index in [0.29, 0.717) is 0 Å². The van der Waals surface area contributed by atoms with Crippen molar-refractivity contribution in [1.82, 2.24) is 0 Å². The van der Waals surface area contributed by atoms with Crippen molar-refractivity contribution in [3.05, 3.63) is 0 Å². The van der Waals surface area contributed by atoms with E-state index in [1.54, 1.807) is 0 Å². The minimum atomic E-state index is -0.851. The Bertz CT molecular complexity index is 225. The van der Waals surface area contributed by atoms with Crippen LogP contribution in [0.2, 0.25) is 0 Å². The van der Waals surface area contributed by atoms with Gasteiger partial charge < -0.3 is 34.3 Å². The van der Waals surface area contributed by atoms with Crippen LogP contribution in [0.4, 0.5) is 0 Å². The second-order valence-corrected chi connectivity index (χ2v) is 5.27. The Morgan fingerprint density at radius 3 is 1.30 bits per heavy atom. The zero-order valence-corrected chi connectivity index (χ0v) is 12.6. The molecule has 0 spiro atoms. The molecule has 7 heteroatoms. The highest BCUT2D eigenvalue weighted by Gasteiger charge is 2.34. The highest BCUT2D eigenvalue weighted by atomic mass is 16.5. The molecule has 0 rings (SSSR count). The van der Waals surface area contributed by atoms with Crippen molar-refractivity contribution in [2.75, 3.05) is 74.2 Å². The average Bonchev–Trinajstić information content (AvgIpc) is 2.46. The van der Waals surface area contributed by atoms with E-state index in [0.717, 1.165) is 0 Å². The predicted octanol–water partition coefficient (Wildman–Crippen LogP) is -1.11. The van der Waals surface area contributed by atoms with Gasteiger partial charge in [0.1, 0.15) is 0 Å². The summed E-state index contributed by atoms with van der Waals surface area (Å²) in [6, 6.07) is 0. The molecular formula is C13H28O7. The van der Waals surface area contributed by atoms with E-state index in [9.17, 15) is 15.3 Å². The molecule has 0 fully saturated rings. The lowest BCUT2D eigenvalue weighted by molar-refractivity contribution is -0.114. The van der Waals surface area contributed by atoms with E-state index in [4.69, 9.17) is 18.9 Å². The summed E-state index contributed by atoms with van der Waals surface area (Å²) in [6.45, 7) is 0.403. The summed E-state index contributed by atoms with van der Waals surface area (Å²) in [5.41, 5.74) is -1.51. The van der Waals surface area contributed by atoms with E-state index in [1.165, 1.54) is 21.3 Å². The molecule has 20 heavy (non-hydrogen) atoms. The topological polar surface area (TPSA) is 97.6 Å². The third kappa shape index (κ3) is 6.01. The van der Waals surface area contributed by atoms with Crippen LogP contribution in [-0.2, 0) is 18.9 Å². The van der Waals surface area contributed by atoms with Crippen LogP contribution < -0.4 is 0 Å². The van der Waals surface area contributed by atoms with Crippen molar-refractivity contribution in [1.29, 1.82) is 0 Å². The lowest BCUT2D eigenvalue weighted by atomic mass is 9.90. The first kappa shape index (κ1) is 19.7. The molecule has 122 valence electrons. The standard InChI is InChI=1S/C13H28O7/c1-17-7-12(4-14,5-15)10-20-11-13(6-16,8-18-2)9-19-3/h14-16H,4-11H2,1-3H3. The zero-order chi connectivity index (χ0) is 15.5. The van der Waals surface area contributed by atoms with Crippen molar-refractivity contribution in [3.8, 4) is 0 Å². The lowest BCUT2D eigenvalue weighted by Gasteiger charge is -2.33. The molecule has 0 saturated heterocycles. The molecule has 0 aliphatic heterocycles. The molecular weight excluding hydrogens is 268 g/mol. The molecule has 0 atom stereocenters. The maximum atomic E-state index is 9.52. The SMILES string of the molecule is COCC(CO)(CO)COCC(CO)(COC)COC. The van der Waals surface area contributed by atoms with Gasteiger partial charge >= 0.3 is 0 Å². The molecule has 7 nitrogen and oxygen atoms in total. The molecule has 0 aromatic rings.